The number of hydrogen-bond donors (Lipinski definition) is 1. The van der Waals surface area contributed by atoms with Gasteiger partial charge in [0.15, 0.2) is 0 Å². The number of alkyl halides is 1. The largest absolute Gasteiger partial charge is 0.368 e. The first-order chi connectivity index (χ1) is 6.55. The van der Waals surface area contributed by atoms with E-state index < -0.39 is 0 Å². The van der Waals surface area contributed by atoms with E-state index >= 15 is 0 Å². The Morgan fingerprint density at radius 2 is 2.00 bits per heavy atom. The molecule has 0 bridgehead atoms. The Labute approximate surface area is 89.9 Å². The fraction of sp³-hybridized carbons (Fsp3) is 0.600. The lowest BCUT2D eigenvalue weighted by atomic mass is 9.96. The second-order valence-electron chi connectivity index (χ2n) is 4.14. The Morgan fingerprint density at radius 1 is 1.36 bits per heavy atom. The van der Waals surface area contributed by atoms with Gasteiger partial charge in [0.2, 0.25) is 0 Å². The van der Waals surface area contributed by atoms with Crippen LogP contribution in [0.4, 0.5) is 5.82 Å². The van der Waals surface area contributed by atoms with E-state index in [1.807, 2.05) is 6.92 Å². The van der Waals surface area contributed by atoms with E-state index in [1.165, 1.54) is 0 Å². The predicted molar refractivity (Wildman–Crippen MR) is 59.8 cm³/mol. The van der Waals surface area contributed by atoms with Crippen LogP contribution in [-0.2, 0) is 0 Å². The Bertz CT molecular complexity index is 299. The number of aromatic nitrogens is 2. The quantitative estimate of drug-likeness (QED) is 0.781. The third kappa shape index (κ3) is 3.14. The number of hydrogen-bond acceptors (Lipinski definition) is 3. The molecule has 1 N–H and O–H groups in total. The highest BCUT2D eigenvalue weighted by molar-refractivity contribution is 6.18. The molecule has 0 atom stereocenters. The zero-order chi connectivity index (χ0) is 10.6. The first-order valence-corrected chi connectivity index (χ1v) is 5.16. The summed E-state index contributed by atoms with van der Waals surface area (Å²) in [5, 5.41) is 3.25. The van der Waals surface area contributed by atoms with Gasteiger partial charge in [0.05, 0.1) is 5.69 Å². The Balaban J connectivity index is 2.58. The molecule has 1 heterocycles. The molecule has 0 aliphatic carbocycles. The van der Waals surface area contributed by atoms with Crippen molar-refractivity contribution in [3.05, 3.63) is 18.1 Å². The third-order valence-electron chi connectivity index (χ3n) is 1.98. The highest BCUT2D eigenvalue weighted by Gasteiger charge is 2.16. The summed E-state index contributed by atoms with van der Waals surface area (Å²) in [6.45, 7) is 6.95. The molecule has 0 amide bonds. The van der Waals surface area contributed by atoms with Crippen molar-refractivity contribution in [1.29, 1.82) is 0 Å². The summed E-state index contributed by atoms with van der Waals surface area (Å²) in [5.41, 5.74) is 0.990. The van der Waals surface area contributed by atoms with Crippen LogP contribution in [-0.4, -0.2) is 22.4 Å². The highest BCUT2D eigenvalue weighted by Crippen LogP contribution is 2.18. The fourth-order valence-corrected chi connectivity index (χ4v) is 1.05. The van der Waals surface area contributed by atoms with E-state index in [4.69, 9.17) is 11.6 Å². The second-order valence-corrected chi connectivity index (χ2v) is 4.41. The van der Waals surface area contributed by atoms with Gasteiger partial charge in [-0.25, -0.2) is 4.98 Å². The van der Waals surface area contributed by atoms with Crippen LogP contribution in [0.2, 0.25) is 0 Å². The normalized spacial score (nSPS) is 11.4. The average Bonchev–Trinajstić information content (AvgIpc) is 2.17. The summed E-state index contributed by atoms with van der Waals surface area (Å²) in [6.07, 6.45) is 3.37. The standard InChI is InChI=1S/C10H16ClN3/c1-8-9(13-5-4-12-8)14-7-10(2,3)6-11/h4-5H,6-7H2,1-3H3,(H,13,14). The van der Waals surface area contributed by atoms with Crippen LogP contribution in [0.5, 0.6) is 0 Å². The molecule has 0 unspecified atom stereocenters. The number of nitrogens with zero attached hydrogens (tertiary/aromatic N) is 2. The van der Waals surface area contributed by atoms with Gasteiger partial charge in [-0.05, 0) is 12.3 Å². The van der Waals surface area contributed by atoms with Gasteiger partial charge < -0.3 is 5.32 Å². The van der Waals surface area contributed by atoms with Crippen molar-refractivity contribution in [1.82, 2.24) is 9.97 Å². The van der Waals surface area contributed by atoms with E-state index in [0.717, 1.165) is 18.1 Å². The number of anilines is 1. The number of halogens is 1. The number of aryl methyl sites for hydroxylation is 1. The van der Waals surface area contributed by atoms with E-state index in [2.05, 4.69) is 29.1 Å². The Morgan fingerprint density at radius 3 is 2.57 bits per heavy atom. The summed E-state index contributed by atoms with van der Waals surface area (Å²) in [4.78, 5) is 8.35. The summed E-state index contributed by atoms with van der Waals surface area (Å²) in [7, 11) is 0. The first-order valence-electron chi connectivity index (χ1n) is 4.62. The Hall–Kier alpha value is -0.830. The number of nitrogens with one attached hydrogen (secondary N) is 1. The molecule has 1 rings (SSSR count). The molecule has 0 fully saturated rings. The lowest BCUT2D eigenvalue weighted by Gasteiger charge is -2.22. The SMILES string of the molecule is Cc1nccnc1NCC(C)(C)CCl. The topological polar surface area (TPSA) is 37.8 Å². The maximum Gasteiger partial charge on any atom is 0.147 e. The molecule has 78 valence electrons. The van der Waals surface area contributed by atoms with E-state index in [1.54, 1.807) is 12.4 Å². The van der Waals surface area contributed by atoms with Crippen LogP contribution >= 0.6 is 11.6 Å². The lowest BCUT2D eigenvalue weighted by molar-refractivity contribution is 0.449. The maximum atomic E-state index is 5.82. The first kappa shape index (κ1) is 11.2. The van der Waals surface area contributed by atoms with Gasteiger partial charge in [-0.1, -0.05) is 13.8 Å². The van der Waals surface area contributed by atoms with Crippen molar-refractivity contribution in [2.75, 3.05) is 17.7 Å². The van der Waals surface area contributed by atoms with Crippen molar-refractivity contribution in [2.45, 2.75) is 20.8 Å². The molecule has 3 nitrogen and oxygen atoms in total. The molecule has 1 aromatic rings. The molecule has 0 spiro atoms. The molecule has 1 aromatic heterocycles. The van der Waals surface area contributed by atoms with Crippen LogP contribution in [0.1, 0.15) is 19.5 Å². The third-order valence-corrected chi connectivity index (χ3v) is 2.70. The van der Waals surface area contributed by atoms with Crippen LogP contribution < -0.4 is 5.32 Å². The predicted octanol–water partition coefficient (Wildman–Crippen LogP) is 2.46. The molecule has 0 aliphatic heterocycles. The van der Waals surface area contributed by atoms with Crippen molar-refractivity contribution in [2.24, 2.45) is 5.41 Å². The zero-order valence-electron chi connectivity index (χ0n) is 8.84. The van der Waals surface area contributed by atoms with Gasteiger partial charge in [0.25, 0.3) is 0 Å². The monoisotopic (exact) mass is 213 g/mol. The zero-order valence-corrected chi connectivity index (χ0v) is 9.60. The molecule has 0 aromatic carbocycles. The highest BCUT2D eigenvalue weighted by atomic mass is 35.5. The maximum absolute atomic E-state index is 5.82. The molecule has 14 heavy (non-hydrogen) atoms. The van der Waals surface area contributed by atoms with Gasteiger partial charge in [-0.15, -0.1) is 11.6 Å². The summed E-state index contributed by atoms with van der Waals surface area (Å²) < 4.78 is 0. The molecule has 0 saturated heterocycles. The van der Waals surface area contributed by atoms with E-state index in [-0.39, 0.29) is 5.41 Å². The lowest BCUT2D eigenvalue weighted by Crippen LogP contribution is -2.25. The van der Waals surface area contributed by atoms with Gasteiger partial charge >= 0.3 is 0 Å². The van der Waals surface area contributed by atoms with Crippen molar-refractivity contribution in [3.63, 3.8) is 0 Å². The van der Waals surface area contributed by atoms with Gasteiger partial charge in [-0.2, -0.15) is 0 Å². The van der Waals surface area contributed by atoms with Crippen LogP contribution in [0.15, 0.2) is 12.4 Å². The average molecular weight is 214 g/mol. The molecular formula is C10H16ClN3. The summed E-state index contributed by atoms with van der Waals surface area (Å²) in [6, 6.07) is 0. The van der Waals surface area contributed by atoms with Crippen molar-refractivity contribution < 1.29 is 0 Å². The minimum Gasteiger partial charge on any atom is -0.368 e. The van der Waals surface area contributed by atoms with Crippen LogP contribution in [0, 0.1) is 12.3 Å². The second kappa shape index (κ2) is 4.60. The van der Waals surface area contributed by atoms with Crippen molar-refractivity contribution >= 4 is 17.4 Å². The van der Waals surface area contributed by atoms with Crippen LogP contribution in [0.3, 0.4) is 0 Å². The van der Waals surface area contributed by atoms with E-state index in [0.29, 0.717) is 5.88 Å². The minimum absolute atomic E-state index is 0.0749. The fourth-order valence-electron chi connectivity index (χ4n) is 0.951. The number of rotatable bonds is 4. The summed E-state index contributed by atoms with van der Waals surface area (Å²) >= 11 is 5.82. The molecule has 0 aliphatic rings. The smallest absolute Gasteiger partial charge is 0.147 e. The van der Waals surface area contributed by atoms with Gasteiger partial charge in [0, 0.05) is 24.8 Å². The molecular weight excluding hydrogens is 198 g/mol. The molecule has 4 heteroatoms. The van der Waals surface area contributed by atoms with Gasteiger partial charge in [-0.3, -0.25) is 4.98 Å². The van der Waals surface area contributed by atoms with Gasteiger partial charge in [0.1, 0.15) is 5.82 Å². The molecule has 0 radical (unpaired) electrons. The van der Waals surface area contributed by atoms with Crippen molar-refractivity contribution in [3.8, 4) is 0 Å². The summed E-state index contributed by atoms with van der Waals surface area (Å²) in [5.74, 6) is 1.46. The molecule has 0 saturated carbocycles. The Kier molecular flexibility index (Phi) is 3.69. The minimum atomic E-state index is 0.0749. The van der Waals surface area contributed by atoms with Crippen LogP contribution in [0.25, 0.3) is 0 Å². The van der Waals surface area contributed by atoms with E-state index in [9.17, 15) is 0 Å².